The van der Waals surface area contributed by atoms with Crippen molar-refractivity contribution in [3.8, 4) is 0 Å². The monoisotopic (exact) mass is 239 g/mol. The van der Waals surface area contributed by atoms with Gasteiger partial charge in [-0.1, -0.05) is 34.1 Å². The maximum Gasteiger partial charge on any atom is 0.0118 e. The van der Waals surface area contributed by atoms with Gasteiger partial charge in [0.05, 0.1) is 0 Å². The summed E-state index contributed by atoms with van der Waals surface area (Å²) in [5.41, 5.74) is 0. The Morgan fingerprint density at radius 1 is 1.00 bits per heavy atom. The molecule has 2 unspecified atom stereocenters. The van der Waals surface area contributed by atoms with Gasteiger partial charge in [-0.3, -0.25) is 0 Å². The molecule has 0 heterocycles. The first-order valence-corrected chi connectivity index (χ1v) is 7.77. The maximum atomic E-state index is 3.60. The van der Waals surface area contributed by atoms with Crippen molar-refractivity contribution >= 4 is 0 Å². The lowest BCUT2D eigenvalue weighted by Gasteiger charge is -2.38. The van der Waals surface area contributed by atoms with Crippen LogP contribution in [0.2, 0.25) is 0 Å². The second-order valence-electron chi connectivity index (χ2n) is 6.50. The van der Waals surface area contributed by atoms with Gasteiger partial charge in [-0.05, 0) is 62.8 Å². The zero-order valence-corrected chi connectivity index (χ0v) is 12.6. The Kier molecular flexibility index (Phi) is 6.54. The highest BCUT2D eigenvalue weighted by atomic mass is 14.9. The molecule has 0 aliphatic heterocycles. The van der Waals surface area contributed by atoms with E-state index < -0.39 is 0 Å². The Bertz CT molecular complexity index is 192. The van der Waals surface area contributed by atoms with Crippen LogP contribution in [0.25, 0.3) is 0 Å². The third kappa shape index (κ3) is 4.28. The van der Waals surface area contributed by atoms with Crippen molar-refractivity contribution in [1.82, 2.24) is 5.32 Å². The third-order valence-corrected chi connectivity index (χ3v) is 4.96. The maximum absolute atomic E-state index is 3.60. The fraction of sp³-hybridized carbons (Fsp3) is 1.00. The molecule has 1 aliphatic carbocycles. The zero-order valence-electron chi connectivity index (χ0n) is 12.6. The van der Waals surface area contributed by atoms with Crippen molar-refractivity contribution in [1.29, 1.82) is 0 Å². The minimum absolute atomic E-state index is 0.753. The Hall–Kier alpha value is -0.0400. The van der Waals surface area contributed by atoms with Gasteiger partial charge in [-0.25, -0.2) is 0 Å². The standard InChI is InChI=1S/C16H33N/c1-6-7-13(4)16(17-5)15-10-8-14(9-11-15)12(2)3/h12-17H,6-11H2,1-5H3. The molecule has 17 heavy (non-hydrogen) atoms. The molecule has 0 radical (unpaired) electrons. The van der Waals surface area contributed by atoms with Gasteiger partial charge in [0.25, 0.3) is 0 Å². The van der Waals surface area contributed by atoms with Gasteiger partial charge in [0.2, 0.25) is 0 Å². The second-order valence-corrected chi connectivity index (χ2v) is 6.50. The van der Waals surface area contributed by atoms with E-state index in [1.54, 1.807) is 0 Å². The molecule has 102 valence electrons. The normalized spacial score (nSPS) is 29.3. The Morgan fingerprint density at radius 2 is 1.53 bits per heavy atom. The summed E-state index contributed by atoms with van der Waals surface area (Å²) in [6.45, 7) is 9.51. The van der Waals surface area contributed by atoms with Crippen LogP contribution in [0.4, 0.5) is 0 Å². The molecule has 2 atom stereocenters. The van der Waals surface area contributed by atoms with Gasteiger partial charge < -0.3 is 5.32 Å². The SMILES string of the molecule is CCCC(C)C(NC)C1CCC(C(C)C)CC1. The molecule has 1 heteroatoms. The van der Waals surface area contributed by atoms with Crippen molar-refractivity contribution < 1.29 is 0 Å². The van der Waals surface area contributed by atoms with Crippen LogP contribution >= 0.6 is 0 Å². The molecule has 0 spiro atoms. The number of nitrogens with one attached hydrogen (secondary N) is 1. The predicted octanol–water partition coefficient (Wildman–Crippen LogP) is 4.47. The molecule has 0 amide bonds. The highest BCUT2D eigenvalue weighted by Gasteiger charge is 2.30. The van der Waals surface area contributed by atoms with Gasteiger partial charge >= 0.3 is 0 Å². The summed E-state index contributed by atoms with van der Waals surface area (Å²) in [7, 11) is 2.16. The lowest BCUT2D eigenvalue weighted by atomic mass is 9.72. The van der Waals surface area contributed by atoms with E-state index in [0.717, 1.165) is 29.7 Å². The van der Waals surface area contributed by atoms with Gasteiger partial charge in [0.15, 0.2) is 0 Å². The van der Waals surface area contributed by atoms with Crippen molar-refractivity contribution in [3.05, 3.63) is 0 Å². The molecule has 0 aromatic rings. The molecule has 1 nitrogen and oxygen atoms in total. The molecular weight excluding hydrogens is 206 g/mol. The van der Waals surface area contributed by atoms with E-state index >= 15 is 0 Å². The Balaban J connectivity index is 2.44. The van der Waals surface area contributed by atoms with E-state index in [-0.39, 0.29) is 0 Å². The summed E-state index contributed by atoms with van der Waals surface area (Å²) < 4.78 is 0. The predicted molar refractivity (Wildman–Crippen MR) is 77.2 cm³/mol. The first kappa shape index (κ1) is 15.0. The topological polar surface area (TPSA) is 12.0 Å². The average molecular weight is 239 g/mol. The minimum Gasteiger partial charge on any atom is -0.316 e. The van der Waals surface area contributed by atoms with Gasteiger partial charge in [0, 0.05) is 6.04 Å². The van der Waals surface area contributed by atoms with Crippen molar-refractivity contribution in [2.24, 2.45) is 23.7 Å². The van der Waals surface area contributed by atoms with E-state index in [4.69, 9.17) is 0 Å². The lowest BCUT2D eigenvalue weighted by Crippen LogP contribution is -2.41. The molecule has 1 fully saturated rings. The summed E-state index contributed by atoms with van der Waals surface area (Å²) in [4.78, 5) is 0. The van der Waals surface area contributed by atoms with Crippen LogP contribution < -0.4 is 5.32 Å². The zero-order chi connectivity index (χ0) is 12.8. The summed E-state index contributed by atoms with van der Waals surface area (Å²) in [6.07, 6.45) is 8.50. The van der Waals surface area contributed by atoms with Gasteiger partial charge in [0.1, 0.15) is 0 Å². The van der Waals surface area contributed by atoms with Crippen molar-refractivity contribution in [3.63, 3.8) is 0 Å². The van der Waals surface area contributed by atoms with Crippen LogP contribution in [0.15, 0.2) is 0 Å². The van der Waals surface area contributed by atoms with E-state index in [1.807, 2.05) is 0 Å². The van der Waals surface area contributed by atoms with E-state index in [9.17, 15) is 0 Å². The smallest absolute Gasteiger partial charge is 0.0118 e. The minimum atomic E-state index is 0.753. The third-order valence-electron chi connectivity index (χ3n) is 4.96. The largest absolute Gasteiger partial charge is 0.316 e. The fourth-order valence-corrected chi connectivity index (χ4v) is 3.79. The average Bonchev–Trinajstić information content (AvgIpc) is 2.31. The Labute approximate surface area is 109 Å². The van der Waals surface area contributed by atoms with Crippen molar-refractivity contribution in [2.75, 3.05) is 7.05 Å². The van der Waals surface area contributed by atoms with E-state index in [2.05, 4.69) is 40.1 Å². The fourth-order valence-electron chi connectivity index (χ4n) is 3.79. The van der Waals surface area contributed by atoms with Crippen LogP contribution in [0.3, 0.4) is 0 Å². The van der Waals surface area contributed by atoms with Crippen molar-refractivity contribution in [2.45, 2.75) is 72.3 Å². The first-order chi connectivity index (χ1) is 8.10. The van der Waals surface area contributed by atoms with Crippen LogP contribution in [0.5, 0.6) is 0 Å². The number of hydrogen-bond acceptors (Lipinski definition) is 1. The van der Waals surface area contributed by atoms with E-state index in [1.165, 1.54) is 38.5 Å². The highest BCUT2D eigenvalue weighted by molar-refractivity contribution is 4.84. The van der Waals surface area contributed by atoms with Crippen LogP contribution in [0, 0.1) is 23.7 Å². The molecule has 0 aromatic carbocycles. The molecule has 0 aromatic heterocycles. The van der Waals surface area contributed by atoms with Gasteiger partial charge in [-0.2, -0.15) is 0 Å². The summed E-state index contributed by atoms with van der Waals surface area (Å²) >= 11 is 0. The molecule has 1 saturated carbocycles. The number of rotatable bonds is 6. The second kappa shape index (κ2) is 7.41. The van der Waals surface area contributed by atoms with Crippen LogP contribution in [-0.2, 0) is 0 Å². The molecule has 1 aliphatic rings. The van der Waals surface area contributed by atoms with Crippen LogP contribution in [-0.4, -0.2) is 13.1 Å². The highest BCUT2D eigenvalue weighted by Crippen LogP contribution is 2.36. The van der Waals surface area contributed by atoms with Crippen LogP contribution in [0.1, 0.15) is 66.2 Å². The molecule has 0 bridgehead atoms. The summed E-state index contributed by atoms with van der Waals surface area (Å²) in [6, 6.07) is 0.753. The lowest BCUT2D eigenvalue weighted by molar-refractivity contribution is 0.163. The quantitative estimate of drug-likeness (QED) is 0.721. The summed E-state index contributed by atoms with van der Waals surface area (Å²) in [5, 5.41) is 3.60. The number of hydrogen-bond donors (Lipinski definition) is 1. The first-order valence-electron chi connectivity index (χ1n) is 7.77. The molecule has 1 N–H and O–H groups in total. The van der Waals surface area contributed by atoms with Gasteiger partial charge in [-0.15, -0.1) is 0 Å². The Morgan fingerprint density at radius 3 is 1.94 bits per heavy atom. The molecular formula is C16H33N. The molecule has 1 rings (SSSR count). The summed E-state index contributed by atoms with van der Waals surface area (Å²) in [5.74, 6) is 3.64. The van der Waals surface area contributed by atoms with E-state index in [0.29, 0.717) is 0 Å². The molecule has 0 saturated heterocycles.